The zero-order valence-corrected chi connectivity index (χ0v) is 13.5. The molecule has 4 nitrogen and oxygen atoms in total. The lowest BCUT2D eigenvalue weighted by atomic mass is 9.79. The number of anilines is 1. The summed E-state index contributed by atoms with van der Waals surface area (Å²) in [7, 11) is 0. The maximum absolute atomic E-state index is 11.1. The van der Waals surface area contributed by atoms with Crippen LogP contribution in [0.4, 0.5) is 11.4 Å². The van der Waals surface area contributed by atoms with E-state index in [-0.39, 0.29) is 10.6 Å². The Morgan fingerprint density at radius 1 is 1.14 bits per heavy atom. The van der Waals surface area contributed by atoms with Gasteiger partial charge in [0.25, 0.3) is 5.69 Å². The first kappa shape index (κ1) is 15.8. The van der Waals surface area contributed by atoms with Crippen molar-refractivity contribution < 1.29 is 4.92 Å². The van der Waals surface area contributed by atoms with Gasteiger partial charge in [-0.25, -0.2) is 0 Å². The summed E-state index contributed by atoms with van der Waals surface area (Å²) in [6.07, 6.45) is 4.82. The van der Waals surface area contributed by atoms with Crippen molar-refractivity contribution in [3.05, 3.63) is 33.4 Å². The molecule has 0 spiro atoms. The average Bonchev–Trinajstić information content (AvgIpc) is 2.42. The quantitative estimate of drug-likeness (QED) is 0.637. The standard InChI is InChI=1S/C17H26N2O2/c1-11(2)14-5-7-15(8-6-14)18-16-10-17(19(20)21)13(4)9-12(16)3/h9-11,14-15,18H,5-8H2,1-4H3. The molecule has 0 aliphatic heterocycles. The number of rotatable bonds is 4. The molecule has 0 aromatic heterocycles. The molecule has 1 aromatic carbocycles. The second-order valence-corrected chi connectivity index (χ2v) is 6.71. The molecule has 2 rings (SSSR count). The van der Waals surface area contributed by atoms with Gasteiger partial charge in [-0.05, 0) is 63.0 Å². The Kier molecular flexibility index (Phi) is 4.86. The van der Waals surface area contributed by atoms with E-state index in [0.29, 0.717) is 6.04 Å². The minimum Gasteiger partial charge on any atom is -0.382 e. The van der Waals surface area contributed by atoms with Crippen molar-refractivity contribution in [3.63, 3.8) is 0 Å². The van der Waals surface area contributed by atoms with E-state index in [0.717, 1.165) is 41.5 Å². The predicted octanol–water partition coefficient (Wildman–Crippen LogP) is 4.84. The summed E-state index contributed by atoms with van der Waals surface area (Å²) < 4.78 is 0. The molecule has 0 atom stereocenters. The zero-order valence-electron chi connectivity index (χ0n) is 13.5. The molecule has 0 saturated heterocycles. The van der Waals surface area contributed by atoms with Crippen LogP contribution in [0.25, 0.3) is 0 Å². The number of nitro benzene ring substituents is 1. The van der Waals surface area contributed by atoms with Gasteiger partial charge < -0.3 is 5.32 Å². The van der Waals surface area contributed by atoms with Crippen molar-refractivity contribution in [2.75, 3.05) is 5.32 Å². The van der Waals surface area contributed by atoms with Crippen molar-refractivity contribution in [2.45, 2.75) is 59.4 Å². The van der Waals surface area contributed by atoms with Gasteiger partial charge in [0.1, 0.15) is 0 Å². The van der Waals surface area contributed by atoms with Crippen molar-refractivity contribution in [2.24, 2.45) is 11.8 Å². The molecule has 0 unspecified atom stereocenters. The number of nitrogens with zero attached hydrogens (tertiary/aromatic N) is 1. The molecule has 1 N–H and O–H groups in total. The van der Waals surface area contributed by atoms with Gasteiger partial charge in [0, 0.05) is 23.4 Å². The molecule has 116 valence electrons. The fourth-order valence-electron chi connectivity index (χ4n) is 3.34. The van der Waals surface area contributed by atoms with Gasteiger partial charge >= 0.3 is 0 Å². The van der Waals surface area contributed by atoms with E-state index in [1.807, 2.05) is 13.0 Å². The van der Waals surface area contributed by atoms with E-state index in [9.17, 15) is 10.1 Å². The third-order valence-electron chi connectivity index (χ3n) is 4.81. The van der Waals surface area contributed by atoms with Gasteiger partial charge in [-0.1, -0.05) is 13.8 Å². The number of nitro groups is 1. The summed E-state index contributed by atoms with van der Waals surface area (Å²) in [4.78, 5) is 10.8. The predicted molar refractivity (Wildman–Crippen MR) is 86.8 cm³/mol. The van der Waals surface area contributed by atoms with Crippen LogP contribution >= 0.6 is 0 Å². The van der Waals surface area contributed by atoms with Crippen LogP contribution in [-0.4, -0.2) is 11.0 Å². The van der Waals surface area contributed by atoms with Crippen molar-refractivity contribution >= 4 is 11.4 Å². The molecule has 0 amide bonds. The summed E-state index contributed by atoms with van der Waals surface area (Å²) in [6, 6.07) is 4.04. The van der Waals surface area contributed by atoms with Crippen LogP contribution in [0.1, 0.15) is 50.7 Å². The van der Waals surface area contributed by atoms with Gasteiger partial charge in [0.2, 0.25) is 0 Å². The van der Waals surface area contributed by atoms with E-state index in [2.05, 4.69) is 19.2 Å². The maximum Gasteiger partial charge on any atom is 0.274 e. The molecule has 21 heavy (non-hydrogen) atoms. The number of benzene rings is 1. The van der Waals surface area contributed by atoms with Crippen LogP contribution in [0.5, 0.6) is 0 Å². The lowest BCUT2D eigenvalue weighted by Gasteiger charge is -2.32. The number of hydrogen-bond donors (Lipinski definition) is 1. The first-order valence-electron chi connectivity index (χ1n) is 7.90. The molecule has 1 aliphatic rings. The molecule has 1 fully saturated rings. The topological polar surface area (TPSA) is 55.2 Å². The minimum atomic E-state index is -0.296. The Balaban J connectivity index is 2.07. The van der Waals surface area contributed by atoms with Gasteiger partial charge in [0.15, 0.2) is 0 Å². The Morgan fingerprint density at radius 2 is 1.76 bits per heavy atom. The maximum atomic E-state index is 11.1. The highest BCUT2D eigenvalue weighted by atomic mass is 16.6. The van der Waals surface area contributed by atoms with E-state index >= 15 is 0 Å². The van der Waals surface area contributed by atoms with Crippen LogP contribution < -0.4 is 5.32 Å². The second kappa shape index (κ2) is 6.46. The lowest BCUT2D eigenvalue weighted by molar-refractivity contribution is -0.385. The fraction of sp³-hybridized carbons (Fsp3) is 0.647. The van der Waals surface area contributed by atoms with Crippen LogP contribution in [-0.2, 0) is 0 Å². The number of nitrogens with one attached hydrogen (secondary N) is 1. The molecule has 0 bridgehead atoms. The second-order valence-electron chi connectivity index (χ2n) is 6.71. The first-order chi connectivity index (χ1) is 9.88. The van der Waals surface area contributed by atoms with E-state index < -0.39 is 0 Å². The van der Waals surface area contributed by atoms with Crippen LogP contribution in [0, 0.1) is 35.8 Å². The summed E-state index contributed by atoms with van der Waals surface area (Å²) in [5.74, 6) is 1.59. The molecular weight excluding hydrogens is 264 g/mol. The third-order valence-corrected chi connectivity index (χ3v) is 4.81. The number of hydrogen-bond acceptors (Lipinski definition) is 3. The molecule has 0 radical (unpaired) electrons. The molecule has 4 heteroatoms. The molecule has 1 aliphatic carbocycles. The van der Waals surface area contributed by atoms with E-state index in [4.69, 9.17) is 0 Å². The van der Waals surface area contributed by atoms with Gasteiger partial charge in [-0.3, -0.25) is 10.1 Å². The fourth-order valence-corrected chi connectivity index (χ4v) is 3.34. The van der Waals surface area contributed by atoms with Crippen molar-refractivity contribution in [1.82, 2.24) is 0 Å². The summed E-state index contributed by atoms with van der Waals surface area (Å²) >= 11 is 0. The van der Waals surface area contributed by atoms with Crippen molar-refractivity contribution in [1.29, 1.82) is 0 Å². The Morgan fingerprint density at radius 3 is 2.29 bits per heavy atom. The lowest BCUT2D eigenvalue weighted by Crippen LogP contribution is -2.28. The normalized spacial score (nSPS) is 22.3. The van der Waals surface area contributed by atoms with Crippen LogP contribution in [0.3, 0.4) is 0 Å². The Hall–Kier alpha value is -1.58. The van der Waals surface area contributed by atoms with Gasteiger partial charge in [-0.2, -0.15) is 0 Å². The van der Waals surface area contributed by atoms with Crippen LogP contribution in [0.2, 0.25) is 0 Å². The number of aryl methyl sites for hydroxylation is 2. The highest BCUT2D eigenvalue weighted by Crippen LogP contribution is 2.33. The van der Waals surface area contributed by atoms with E-state index in [1.165, 1.54) is 12.8 Å². The highest BCUT2D eigenvalue weighted by molar-refractivity contribution is 5.60. The zero-order chi connectivity index (χ0) is 15.6. The SMILES string of the molecule is Cc1cc(C)c([N+](=O)[O-])cc1NC1CCC(C(C)C)CC1. The Labute approximate surface area is 127 Å². The average molecular weight is 290 g/mol. The summed E-state index contributed by atoms with van der Waals surface area (Å²) in [5.41, 5.74) is 2.94. The van der Waals surface area contributed by atoms with Gasteiger partial charge in [-0.15, -0.1) is 0 Å². The van der Waals surface area contributed by atoms with E-state index in [1.54, 1.807) is 13.0 Å². The highest BCUT2D eigenvalue weighted by Gasteiger charge is 2.24. The molecule has 1 saturated carbocycles. The smallest absolute Gasteiger partial charge is 0.274 e. The molecule has 0 heterocycles. The Bertz CT molecular complexity index is 518. The summed E-state index contributed by atoms with van der Waals surface area (Å²) in [6.45, 7) is 8.40. The first-order valence-corrected chi connectivity index (χ1v) is 7.90. The minimum absolute atomic E-state index is 0.207. The molecule has 1 aromatic rings. The van der Waals surface area contributed by atoms with Crippen molar-refractivity contribution in [3.8, 4) is 0 Å². The van der Waals surface area contributed by atoms with Gasteiger partial charge in [0.05, 0.1) is 4.92 Å². The van der Waals surface area contributed by atoms with Crippen LogP contribution in [0.15, 0.2) is 12.1 Å². The third kappa shape index (κ3) is 3.74. The molecular formula is C17H26N2O2. The summed E-state index contributed by atoms with van der Waals surface area (Å²) in [5, 5.41) is 14.6. The monoisotopic (exact) mass is 290 g/mol. The largest absolute Gasteiger partial charge is 0.382 e.